The van der Waals surface area contributed by atoms with Crippen LogP contribution in [-0.4, -0.2) is 51.8 Å². The Kier molecular flexibility index (Phi) is 8.12. The van der Waals surface area contributed by atoms with Crippen molar-refractivity contribution in [3.8, 4) is 6.07 Å². The van der Waals surface area contributed by atoms with Gasteiger partial charge < -0.3 is 25.5 Å². The van der Waals surface area contributed by atoms with E-state index >= 15 is 0 Å². The molecule has 29 heavy (non-hydrogen) atoms. The highest BCUT2D eigenvalue weighted by molar-refractivity contribution is 6.18. The molecule has 4 N–H and O–H groups in total. The van der Waals surface area contributed by atoms with Crippen LogP contribution in [0.2, 0.25) is 0 Å². The Morgan fingerprint density at radius 1 is 1.07 bits per heavy atom. The summed E-state index contributed by atoms with van der Waals surface area (Å²) in [5, 5.41) is 40.7. The second-order valence-corrected chi connectivity index (χ2v) is 6.45. The van der Waals surface area contributed by atoms with Crippen molar-refractivity contribution < 1.29 is 24.9 Å². The van der Waals surface area contributed by atoms with E-state index < -0.39 is 24.0 Å². The number of aliphatic hydroxyl groups is 3. The number of nitrogens with zero attached hydrogens (tertiary/aromatic N) is 2. The molecule has 9 heteroatoms. The normalized spacial score (nSPS) is 12.5. The van der Waals surface area contributed by atoms with Gasteiger partial charge in [-0.3, -0.25) is 9.59 Å². The lowest BCUT2D eigenvalue weighted by atomic mass is 10.1. The molecule has 0 aliphatic heterocycles. The maximum atomic E-state index is 12.7. The highest BCUT2D eigenvalue weighted by Gasteiger charge is 2.34. The van der Waals surface area contributed by atoms with Crippen LogP contribution in [0.4, 0.5) is 11.4 Å². The van der Waals surface area contributed by atoms with Crippen LogP contribution >= 0.6 is 11.6 Å². The number of nitrogens with one attached hydrogen (secondary N) is 1. The number of carbonyl (C=O) groups excluding carboxylic acids is 2. The summed E-state index contributed by atoms with van der Waals surface area (Å²) in [6.45, 7) is -0.125. The van der Waals surface area contributed by atoms with Crippen LogP contribution in [0.1, 0.15) is 11.1 Å². The molecule has 0 heterocycles. The van der Waals surface area contributed by atoms with Gasteiger partial charge in [0.15, 0.2) is 12.2 Å². The zero-order valence-corrected chi connectivity index (χ0v) is 16.1. The predicted octanol–water partition coefficient (Wildman–Crippen LogP) is 0.983. The van der Waals surface area contributed by atoms with Gasteiger partial charge in [-0.1, -0.05) is 12.1 Å². The zero-order chi connectivity index (χ0) is 21.4. The van der Waals surface area contributed by atoms with Gasteiger partial charge in [0.2, 0.25) is 0 Å². The Hall–Kier alpha value is -2.96. The number of alkyl halides is 1. The largest absolute Gasteiger partial charge is 0.392 e. The van der Waals surface area contributed by atoms with Crippen LogP contribution in [0.3, 0.4) is 0 Å². The summed E-state index contributed by atoms with van der Waals surface area (Å²) in [6, 6.07) is 14.1. The fraction of sp³-hybridized carbons (Fsp3) is 0.250. The average molecular weight is 418 g/mol. The summed E-state index contributed by atoms with van der Waals surface area (Å²) in [4.78, 5) is 26.0. The van der Waals surface area contributed by atoms with E-state index in [9.17, 15) is 19.8 Å². The Morgan fingerprint density at radius 2 is 1.69 bits per heavy atom. The van der Waals surface area contributed by atoms with Crippen molar-refractivity contribution in [2.75, 3.05) is 22.6 Å². The fourth-order valence-corrected chi connectivity index (χ4v) is 2.68. The quantitative estimate of drug-likeness (QED) is 0.473. The van der Waals surface area contributed by atoms with Crippen molar-refractivity contribution in [2.45, 2.75) is 18.8 Å². The number of anilines is 2. The Balaban J connectivity index is 2.11. The van der Waals surface area contributed by atoms with Crippen LogP contribution < -0.4 is 10.2 Å². The van der Waals surface area contributed by atoms with Gasteiger partial charge in [-0.25, -0.2) is 0 Å². The molecule has 2 atom stereocenters. The molecule has 0 aromatic heterocycles. The fourth-order valence-electron chi connectivity index (χ4n) is 2.51. The van der Waals surface area contributed by atoms with E-state index in [0.29, 0.717) is 22.5 Å². The van der Waals surface area contributed by atoms with Gasteiger partial charge in [-0.05, 0) is 42.0 Å². The maximum Gasteiger partial charge on any atom is 0.259 e. The molecular weight excluding hydrogens is 398 g/mol. The third-order valence-electron chi connectivity index (χ3n) is 4.11. The first kappa shape index (κ1) is 22.3. The molecule has 2 aromatic rings. The lowest BCUT2D eigenvalue weighted by Gasteiger charge is -2.26. The number of hydrogen-bond donors (Lipinski definition) is 4. The SMILES string of the molecule is N#Cc1ccc(NC(=O)[C@H](O)[C@@H](O)C(=O)N(CCCl)c2ccc(CO)cc2)cc1. The van der Waals surface area contributed by atoms with E-state index in [1.807, 2.05) is 6.07 Å². The number of benzene rings is 2. The van der Waals surface area contributed by atoms with E-state index in [1.54, 1.807) is 24.3 Å². The summed E-state index contributed by atoms with van der Waals surface area (Å²) in [7, 11) is 0. The van der Waals surface area contributed by atoms with E-state index in [-0.39, 0.29) is 19.0 Å². The second-order valence-electron chi connectivity index (χ2n) is 6.07. The van der Waals surface area contributed by atoms with Crippen molar-refractivity contribution in [3.05, 3.63) is 59.7 Å². The minimum Gasteiger partial charge on any atom is -0.392 e. The molecule has 2 amide bonds. The molecule has 0 fully saturated rings. The Morgan fingerprint density at radius 3 is 2.21 bits per heavy atom. The Labute approximate surface area is 172 Å². The summed E-state index contributed by atoms with van der Waals surface area (Å²) in [5.41, 5.74) is 1.72. The van der Waals surface area contributed by atoms with E-state index in [0.717, 1.165) is 4.90 Å². The van der Waals surface area contributed by atoms with Crippen molar-refractivity contribution in [1.82, 2.24) is 0 Å². The number of nitriles is 1. The van der Waals surface area contributed by atoms with Crippen LogP contribution in [0.5, 0.6) is 0 Å². The molecule has 152 valence electrons. The number of rotatable bonds is 8. The van der Waals surface area contributed by atoms with Crippen molar-refractivity contribution >= 4 is 34.8 Å². The topological polar surface area (TPSA) is 134 Å². The highest BCUT2D eigenvalue weighted by atomic mass is 35.5. The van der Waals surface area contributed by atoms with Crippen LogP contribution in [0.15, 0.2) is 48.5 Å². The minimum atomic E-state index is -2.02. The molecule has 0 unspecified atom stereocenters. The van der Waals surface area contributed by atoms with Gasteiger partial charge in [0.25, 0.3) is 11.8 Å². The van der Waals surface area contributed by atoms with Gasteiger partial charge >= 0.3 is 0 Å². The van der Waals surface area contributed by atoms with Crippen molar-refractivity contribution in [1.29, 1.82) is 5.26 Å². The first-order valence-corrected chi connectivity index (χ1v) is 9.19. The van der Waals surface area contributed by atoms with Crippen LogP contribution in [0.25, 0.3) is 0 Å². The maximum absolute atomic E-state index is 12.7. The minimum absolute atomic E-state index is 0.0415. The number of hydrogen-bond acceptors (Lipinski definition) is 6. The van der Waals surface area contributed by atoms with Gasteiger partial charge in [0.05, 0.1) is 18.2 Å². The molecule has 0 saturated heterocycles. The van der Waals surface area contributed by atoms with Crippen LogP contribution in [0, 0.1) is 11.3 Å². The number of aliphatic hydroxyl groups excluding tert-OH is 3. The van der Waals surface area contributed by atoms with Crippen molar-refractivity contribution in [3.63, 3.8) is 0 Å². The molecule has 0 radical (unpaired) electrons. The molecule has 0 bridgehead atoms. The molecule has 0 aliphatic rings. The van der Waals surface area contributed by atoms with Gasteiger partial charge in [0, 0.05) is 23.8 Å². The van der Waals surface area contributed by atoms with Gasteiger partial charge in [-0.2, -0.15) is 5.26 Å². The summed E-state index contributed by atoms with van der Waals surface area (Å²) >= 11 is 5.75. The zero-order valence-electron chi connectivity index (χ0n) is 15.3. The van der Waals surface area contributed by atoms with E-state index in [2.05, 4.69) is 5.32 Å². The number of amides is 2. The number of carbonyl (C=O) groups is 2. The lowest BCUT2D eigenvalue weighted by molar-refractivity contribution is -0.141. The third kappa shape index (κ3) is 5.76. The number of halogens is 1. The molecular formula is C20H20ClN3O5. The van der Waals surface area contributed by atoms with E-state index in [1.165, 1.54) is 24.3 Å². The Bertz CT molecular complexity index is 880. The van der Waals surface area contributed by atoms with Gasteiger partial charge in [-0.15, -0.1) is 11.6 Å². The molecule has 2 aromatic carbocycles. The molecule has 0 spiro atoms. The third-order valence-corrected chi connectivity index (χ3v) is 4.28. The average Bonchev–Trinajstić information content (AvgIpc) is 2.76. The molecule has 0 saturated carbocycles. The first-order chi connectivity index (χ1) is 13.9. The molecule has 2 rings (SSSR count). The van der Waals surface area contributed by atoms with E-state index in [4.69, 9.17) is 22.0 Å². The first-order valence-electron chi connectivity index (χ1n) is 8.65. The second kappa shape index (κ2) is 10.5. The smallest absolute Gasteiger partial charge is 0.259 e. The van der Waals surface area contributed by atoms with Gasteiger partial charge in [0.1, 0.15) is 0 Å². The van der Waals surface area contributed by atoms with Crippen LogP contribution in [-0.2, 0) is 16.2 Å². The summed E-state index contributed by atoms with van der Waals surface area (Å²) < 4.78 is 0. The monoisotopic (exact) mass is 417 g/mol. The molecule has 0 aliphatic carbocycles. The highest BCUT2D eigenvalue weighted by Crippen LogP contribution is 2.18. The van der Waals surface area contributed by atoms with Crippen molar-refractivity contribution in [2.24, 2.45) is 0 Å². The standard InChI is InChI=1S/C20H20ClN3O5/c21-9-10-24(16-7-3-14(12-25)4-8-16)20(29)18(27)17(26)19(28)23-15-5-1-13(11-22)2-6-15/h1-8,17-18,25-27H,9-10,12H2,(H,23,28)/t17-,18-/m1/s1. The lowest BCUT2D eigenvalue weighted by Crippen LogP contribution is -2.50. The summed E-state index contributed by atoms with van der Waals surface area (Å²) in [5.74, 6) is -1.81. The predicted molar refractivity (Wildman–Crippen MR) is 107 cm³/mol. The molecule has 8 nitrogen and oxygen atoms in total. The summed E-state index contributed by atoms with van der Waals surface area (Å²) in [6.07, 6.45) is -4.04.